The smallest absolute Gasteiger partial charge is 0.326 e. The van der Waals surface area contributed by atoms with Crippen LogP contribution in [0.25, 0.3) is 11.0 Å². The molecule has 0 aliphatic carbocycles. The molecule has 0 aliphatic rings. The van der Waals surface area contributed by atoms with Gasteiger partial charge in [0.05, 0.1) is 17.2 Å². The molecule has 0 fully saturated rings. The first-order chi connectivity index (χ1) is 9.61. The maximum absolute atomic E-state index is 12.0. The molecular weight excluding hydrogens is 258 g/mol. The van der Waals surface area contributed by atoms with Crippen molar-refractivity contribution >= 4 is 22.9 Å². The Balaban J connectivity index is 2.20. The lowest BCUT2D eigenvalue weighted by Crippen LogP contribution is -2.41. The second-order valence-electron chi connectivity index (χ2n) is 4.40. The fourth-order valence-corrected chi connectivity index (χ4v) is 1.84. The molecule has 104 valence electrons. The molecule has 2 N–H and O–H groups in total. The van der Waals surface area contributed by atoms with Crippen molar-refractivity contribution in [1.82, 2.24) is 15.3 Å². The van der Waals surface area contributed by atoms with Gasteiger partial charge in [0.1, 0.15) is 11.7 Å². The van der Waals surface area contributed by atoms with E-state index in [1.54, 1.807) is 18.2 Å². The SMILES string of the molecule is CCC[C@@H](NC(=O)c1cnc2ccccc2n1)C(=O)O. The Morgan fingerprint density at radius 3 is 2.65 bits per heavy atom. The van der Waals surface area contributed by atoms with Crippen LogP contribution in [0.4, 0.5) is 0 Å². The van der Waals surface area contributed by atoms with Crippen LogP contribution in [-0.2, 0) is 4.79 Å². The minimum Gasteiger partial charge on any atom is -0.480 e. The molecule has 2 rings (SSSR count). The summed E-state index contributed by atoms with van der Waals surface area (Å²) < 4.78 is 0. The van der Waals surface area contributed by atoms with E-state index < -0.39 is 17.9 Å². The maximum atomic E-state index is 12.0. The number of benzene rings is 1. The number of rotatable bonds is 5. The normalized spacial score (nSPS) is 12.1. The lowest BCUT2D eigenvalue weighted by molar-refractivity contribution is -0.139. The van der Waals surface area contributed by atoms with E-state index in [0.29, 0.717) is 23.9 Å². The van der Waals surface area contributed by atoms with E-state index in [-0.39, 0.29) is 5.69 Å². The molecule has 6 nitrogen and oxygen atoms in total. The van der Waals surface area contributed by atoms with Crippen LogP contribution in [0.2, 0.25) is 0 Å². The molecule has 1 amide bonds. The average molecular weight is 273 g/mol. The molecule has 0 spiro atoms. The highest BCUT2D eigenvalue weighted by Gasteiger charge is 2.20. The van der Waals surface area contributed by atoms with E-state index in [2.05, 4.69) is 15.3 Å². The van der Waals surface area contributed by atoms with Gasteiger partial charge in [0.15, 0.2) is 0 Å². The number of amides is 1. The highest BCUT2D eigenvalue weighted by atomic mass is 16.4. The van der Waals surface area contributed by atoms with Gasteiger partial charge in [0.2, 0.25) is 0 Å². The van der Waals surface area contributed by atoms with Gasteiger partial charge >= 0.3 is 5.97 Å². The first-order valence-corrected chi connectivity index (χ1v) is 6.37. The van der Waals surface area contributed by atoms with Gasteiger partial charge in [0, 0.05) is 0 Å². The van der Waals surface area contributed by atoms with Crippen LogP contribution in [0.3, 0.4) is 0 Å². The molecule has 0 unspecified atom stereocenters. The summed E-state index contributed by atoms with van der Waals surface area (Å²) in [5.74, 6) is -1.57. The second kappa shape index (κ2) is 6.10. The number of aromatic nitrogens is 2. The fourth-order valence-electron chi connectivity index (χ4n) is 1.84. The number of hydrogen-bond donors (Lipinski definition) is 2. The topological polar surface area (TPSA) is 92.2 Å². The van der Waals surface area contributed by atoms with Crippen molar-refractivity contribution in [1.29, 1.82) is 0 Å². The Morgan fingerprint density at radius 2 is 2.00 bits per heavy atom. The summed E-state index contributed by atoms with van der Waals surface area (Å²) in [7, 11) is 0. The molecule has 20 heavy (non-hydrogen) atoms. The molecule has 0 saturated carbocycles. The van der Waals surface area contributed by atoms with Gasteiger partial charge in [-0.3, -0.25) is 9.78 Å². The largest absolute Gasteiger partial charge is 0.480 e. The Kier molecular flexibility index (Phi) is 4.24. The van der Waals surface area contributed by atoms with E-state index in [1.165, 1.54) is 6.20 Å². The van der Waals surface area contributed by atoms with Crippen molar-refractivity contribution in [3.8, 4) is 0 Å². The zero-order chi connectivity index (χ0) is 14.5. The van der Waals surface area contributed by atoms with Crippen LogP contribution in [0.5, 0.6) is 0 Å². The van der Waals surface area contributed by atoms with Crippen LogP contribution in [0, 0.1) is 0 Å². The van der Waals surface area contributed by atoms with E-state index in [9.17, 15) is 9.59 Å². The Hall–Kier alpha value is -2.50. The zero-order valence-electron chi connectivity index (χ0n) is 11.0. The summed E-state index contributed by atoms with van der Waals surface area (Å²) in [5.41, 5.74) is 1.40. The van der Waals surface area contributed by atoms with Gasteiger partial charge in [-0.2, -0.15) is 0 Å². The molecule has 1 aromatic carbocycles. The lowest BCUT2D eigenvalue weighted by Gasteiger charge is -2.13. The van der Waals surface area contributed by atoms with E-state index >= 15 is 0 Å². The van der Waals surface area contributed by atoms with Crippen molar-refractivity contribution in [2.75, 3.05) is 0 Å². The van der Waals surface area contributed by atoms with Crippen molar-refractivity contribution in [3.05, 3.63) is 36.2 Å². The van der Waals surface area contributed by atoms with Crippen LogP contribution in [0.1, 0.15) is 30.3 Å². The molecule has 1 heterocycles. The molecular formula is C14H15N3O3. The number of carboxylic acids is 1. The first-order valence-electron chi connectivity index (χ1n) is 6.37. The summed E-state index contributed by atoms with van der Waals surface area (Å²) in [5, 5.41) is 11.5. The Labute approximate surface area is 115 Å². The summed E-state index contributed by atoms with van der Waals surface area (Å²) in [6.45, 7) is 1.86. The molecule has 0 radical (unpaired) electrons. The predicted octanol–water partition coefficient (Wildman–Crippen LogP) is 1.61. The maximum Gasteiger partial charge on any atom is 0.326 e. The van der Waals surface area contributed by atoms with Crippen LogP contribution in [-0.4, -0.2) is 33.0 Å². The second-order valence-corrected chi connectivity index (χ2v) is 4.40. The highest BCUT2D eigenvalue weighted by Crippen LogP contribution is 2.08. The third kappa shape index (κ3) is 3.09. The van der Waals surface area contributed by atoms with E-state index in [0.717, 1.165) is 0 Å². The molecule has 1 atom stereocenters. The lowest BCUT2D eigenvalue weighted by atomic mass is 10.1. The molecule has 0 aliphatic heterocycles. The molecule has 6 heteroatoms. The van der Waals surface area contributed by atoms with Gasteiger partial charge < -0.3 is 10.4 Å². The molecule has 1 aromatic heterocycles. The van der Waals surface area contributed by atoms with Gasteiger partial charge in [0.25, 0.3) is 5.91 Å². The minimum atomic E-state index is -1.05. The minimum absolute atomic E-state index is 0.117. The zero-order valence-corrected chi connectivity index (χ0v) is 11.0. The summed E-state index contributed by atoms with van der Waals surface area (Å²) in [4.78, 5) is 31.3. The number of para-hydroxylation sites is 2. The van der Waals surface area contributed by atoms with Crippen molar-refractivity contribution in [2.24, 2.45) is 0 Å². The summed E-state index contributed by atoms with van der Waals surface area (Å²) in [6, 6.07) is 6.27. The number of aliphatic carboxylic acids is 1. The van der Waals surface area contributed by atoms with Crippen LogP contribution < -0.4 is 5.32 Å². The van der Waals surface area contributed by atoms with Gasteiger partial charge in [-0.15, -0.1) is 0 Å². The number of carbonyl (C=O) groups excluding carboxylic acids is 1. The highest BCUT2D eigenvalue weighted by molar-refractivity contribution is 5.96. The quantitative estimate of drug-likeness (QED) is 0.863. The monoisotopic (exact) mass is 273 g/mol. The number of fused-ring (bicyclic) bond motifs is 1. The van der Waals surface area contributed by atoms with Gasteiger partial charge in [-0.1, -0.05) is 25.5 Å². The van der Waals surface area contributed by atoms with E-state index in [1.807, 2.05) is 13.0 Å². The van der Waals surface area contributed by atoms with Crippen LogP contribution in [0.15, 0.2) is 30.5 Å². The number of nitrogens with zero attached hydrogens (tertiary/aromatic N) is 2. The average Bonchev–Trinajstić information content (AvgIpc) is 2.46. The molecule has 2 aromatic rings. The number of nitrogens with one attached hydrogen (secondary N) is 1. The third-order valence-corrected chi connectivity index (χ3v) is 2.86. The molecule has 0 saturated heterocycles. The van der Waals surface area contributed by atoms with Crippen molar-refractivity contribution in [2.45, 2.75) is 25.8 Å². The van der Waals surface area contributed by atoms with Crippen molar-refractivity contribution in [3.63, 3.8) is 0 Å². The summed E-state index contributed by atoms with van der Waals surface area (Å²) >= 11 is 0. The van der Waals surface area contributed by atoms with Crippen molar-refractivity contribution < 1.29 is 14.7 Å². The van der Waals surface area contributed by atoms with Gasteiger partial charge in [-0.25, -0.2) is 9.78 Å². The number of hydrogen-bond acceptors (Lipinski definition) is 4. The molecule has 0 bridgehead atoms. The van der Waals surface area contributed by atoms with E-state index in [4.69, 9.17) is 5.11 Å². The predicted molar refractivity (Wildman–Crippen MR) is 73.3 cm³/mol. The standard InChI is InChI=1S/C14H15N3O3/c1-2-5-11(14(19)20)17-13(18)12-8-15-9-6-3-4-7-10(9)16-12/h3-4,6-8,11H,2,5H2,1H3,(H,17,18)(H,19,20)/t11-/m1/s1. The Morgan fingerprint density at radius 1 is 1.30 bits per heavy atom. The van der Waals surface area contributed by atoms with Gasteiger partial charge in [-0.05, 0) is 18.6 Å². The van der Waals surface area contributed by atoms with Crippen LogP contribution >= 0.6 is 0 Å². The first kappa shape index (κ1) is 13.9. The number of carboxylic acid groups (broad SMARTS) is 1. The fraction of sp³-hybridized carbons (Fsp3) is 0.286. The third-order valence-electron chi connectivity index (χ3n) is 2.86. The number of carbonyl (C=O) groups is 2. The Bertz CT molecular complexity index is 642. The summed E-state index contributed by atoms with van der Waals surface area (Å²) in [6.07, 6.45) is 2.39.